The third kappa shape index (κ3) is 8.05. The Balaban J connectivity index is 2.80. The normalized spacial score (nSPS) is 13.6. The van der Waals surface area contributed by atoms with Crippen LogP contribution < -0.4 is 10.6 Å². The van der Waals surface area contributed by atoms with Gasteiger partial charge in [-0.15, -0.1) is 0 Å². The number of ether oxygens (including phenoxy) is 1. The Kier molecular flexibility index (Phi) is 8.46. The zero-order valence-corrected chi connectivity index (χ0v) is 16.1. The fraction of sp³-hybridized carbons (Fsp3) is 0.600. The average Bonchev–Trinajstić information content (AvgIpc) is 2.55. The number of nitrogens with one attached hydrogen (secondary N) is 2. The van der Waals surface area contributed by atoms with Crippen LogP contribution in [0.2, 0.25) is 0 Å². The van der Waals surface area contributed by atoms with Crippen molar-refractivity contribution in [3.8, 4) is 0 Å². The van der Waals surface area contributed by atoms with Crippen molar-refractivity contribution < 1.29 is 14.3 Å². The van der Waals surface area contributed by atoms with Crippen molar-refractivity contribution >= 4 is 12.0 Å². The van der Waals surface area contributed by atoms with E-state index < -0.39 is 23.7 Å². The molecule has 0 saturated heterocycles. The van der Waals surface area contributed by atoms with E-state index in [1.807, 2.05) is 58.0 Å². The second kappa shape index (κ2) is 10.1. The van der Waals surface area contributed by atoms with Crippen molar-refractivity contribution in [1.82, 2.24) is 10.6 Å². The van der Waals surface area contributed by atoms with E-state index in [0.717, 1.165) is 24.8 Å². The molecule has 0 radical (unpaired) electrons. The SMILES string of the molecule is CCCCCNC(=O)[C@@H](C)[C@H](NC(=O)OC(C)(C)C)c1ccccc1. The number of carbonyl (C=O) groups is 2. The molecule has 0 heterocycles. The molecule has 25 heavy (non-hydrogen) atoms. The molecule has 0 aliphatic carbocycles. The quantitative estimate of drug-likeness (QED) is 0.692. The van der Waals surface area contributed by atoms with Gasteiger partial charge in [-0.3, -0.25) is 4.79 Å². The van der Waals surface area contributed by atoms with Gasteiger partial charge in [0.1, 0.15) is 5.60 Å². The van der Waals surface area contributed by atoms with Gasteiger partial charge in [0.2, 0.25) is 5.91 Å². The lowest BCUT2D eigenvalue weighted by Crippen LogP contribution is -2.42. The predicted molar refractivity (Wildman–Crippen MR) is 100 cm³/mol. The van der Waals surface area contributed by atoms with Gasteiger partial charge in [0.15, 0.2) is 0 Å². The topological polar surface area (TPSA) is 67.4 Å². The summed E-state index contributed by atoms with van der Waals surface area (Å²) in [5.74, 6) is -0.474. The van der Waals surface area contributed by atoms with Gasteiger partial charge in [-0.1, -0.05) is 57.0 Å². The number of alkyl carbamates (subject to hydrolysis) is 1. The number of hydrogen-bond acceptors (Lipinski definition) is 3. The molecule has 1 rings (SSSR count). The minimum absolute atomic E-state index is 0.0685. The molecule has 0 bridgehead atoms. The van der Waals surface area contributed by atoms with Crippen LogP contribution in [0.5, 0.6) is 0 Å². The Morgan fingerprint density at radius 3 is 2.32 bits per heavy atom. The predicted octanol–water partition coefficient (Wildman–Crippen LogP) is 4.19. The molecule has 0 aliphatic rings. The smallest absolute Gasteiger partial charge is 0.408 e. The highest BCUT2D eigenvalue weighted by molar-refractivity contribution is 5.80. The fourth-order valence-corrected chi connectivity index (χ4v) is 2.49. The number of amides is 2. The Labute approximate surface area is 151 Å². The van der Waals surface area contributed by atoms with Crippen LogP contribution in [-0.4, -0.2) is 24.1 Å². The van der Waals surface area contributed by atoms with E-state index in [2.05, 4.69) is 17.6 Å². The van der Waals surface area contributed by atoms with E-state index in [4.69, 9.17) is 4.74 Å². The van der Waals surface area contributed by atoms with Crippen molar-refractivity contribution in [2.75, 3.05) is 6.54 Å². The summed E-state index contributed by atoms with van der Waals surface area (Å²) in [4.78, 5) is 24.7. The first-order valence-electron chi connectivity index (χ1n) is 9.06. The monoisotopic (exact) mass is 348 g/mol. The maximum absolute atomic E-state index is 12.5. The van der Waals surface area contributed by atoms with E-state index >= 15 is 0 Å². The Bertz CT molecular complexity index is 538. The Hall–Kier alpha value is -2.04. The number of unbranched alkanes of at least 4 members (excludes halogenated alkanes) is 2. The van der Waals surface area contributed by atoms with Crippen molar-refractivity contribution in [2.45, 2.75) is 65.5 Å². The lowest BCUT2D eigenvalue weighted by atomic mass is 9.93. The number of hydrogen-bond donors (Lipinski definition) is 2. The van der Waals surface area contributed by atoms with Gasteiger partial charge < -0.3 is 15.4 Å². The number of benzene rings is 1. The highest BCUT2D eigenvalue weighted by atomic mass is 16.6. The summed E-state index contributed by atoms with van der Waals surface area (Å²) in [5, 5.41) is 5.81. The second-order valence-electron chi connectivity index (χ2n) is 7.32. The van der Waals surface area contributed by atoms with Crippen molar-refractivity contribution in [3.05, 3.63) is 35.9 Å². The zero-order chi connectivity index (χ0) is 18.9. The first-order valence-corrected chi connectivity index (χ1v) is 9.06. The first kappa shape index (κ1) is 21.0. The van der Waals surface area contributed by atoms with Gasteiger partial charge in [-0.25, -0.2) is 4.79 Å². The molecular weight excluding hydrogens is 316 g/mol. The maximum Gasteiger partial charge on any atom is 0.408 e. The molecule has 0 unspecified atom stereocenters. The third-order valence-corrected chi connectivity index (χ3v) is 3.82. The molecule has 140 valence electrons. The average molecular weight is 348 g/mol. The van der Waals surface area contributed by atoms with Crippen LogP contribution in [0.25, 0.3) is 0 Å². The number of rotatable bonds is 8. The summed E-state index contributed by atoms with van der Waals surface area (Å²) >= 11 is 0. The molecule has 0 spiro atoms. The minimum Gasteiger partial charge on any atom is -0.444 e. The molecule has 2 amide bonds. The molecule has 1 aromatic rings. The van der Waals surface area contributed by atoms with Crippen LogP contribution in [0.4, 0.5) is 4.79 Å². The van der Waals surface area contributed by atoms with Gasteiger partial charge in [-0.2, -0.15) is 0 Å². The van der Waals surface area contributed by atoms with Crippen LogP contribution >= 0.6 is 0 Å². The highest BCUT2D eigenvalue weighted by Crippen LogP contribution is 2.23. The van der Waals surface area contributed by atoms with Crippen LogP contribution in [-0.2, 0) is 9.53 Å². The lowest BCUT2D eigenvalue weighted by Gasteiger charge is -2.27. The molecule has 2 N–H and O–H groups in total. The summed E-state index contributed by atoms with van der Waals surface area (Å²) < 4.78 is 5.35. The standard InChI is InChI=1S/C20H32N2O3/c1-6-7-11-14-21-18(23)15(2)17(16-12-9-8-10-13-16)22-19(24)25-20(3,4)5/h8-10,12-13,15,17H,6-7,11,14H2,1-5H3,(H,21,23)(H,22,24)/t15-,17-/m0/s1. The molecule has 1 aromatic carbocycles. The van der Waals surface area contributed by atoms with Gasteiger partial charge in [-0.05, 0) is 32.8 Å². The molecule has 5 nitrogen and oxygen atoms in total. The Morgan fingerprint density at radius 2 is 1.76 bits per heavy atom. The maximum atomic E-state index is 12.5. The van der Waals surface area contributed by atoms with E-state index in [9.17, 15) is 9.59 Å². The third-order valence-electron chi connectivity index (χ3n) is 3.82. The molecule has 0 fully saturated rings. The van der Waals surface area contributed by atoms with Gasteiger partial charge in [0.05, 0.1) is 12.0 Å². The van der Waals surface area contributed by atoms with E-state index in [0.29, 0.717) is 6.54 Å². The molecule has 0 aliphatic heterocycles. The summed E-state index contributed by atoms with van der Waals surface area (Å²) in [7, 11) is 0. The summed E-state index contributed by atoms with van der Waals surface area (Å²) in [5.41, 5.74) is 0.293. The van der Waals surface area contributed by atoms with E-state index in [1.165, 1.54) is 0 Å². The summed E-state index contributed by atoms with van der Waals surface area (Å²) in [6, 6.07) is 9.06. The van der Waals surface area contributed by atoms with Crippen molar-refractivity contribution in [1.29, 1.82) is 0 Å². The molecule has 2 atom stereocenters. The zero-order valence-electron chi connectivity index (χ0n) is 16.1. The van der Waals surface area contributed by atoms with E-state index in [1.54, 1.807) is 0 Å². The fourth-order valence-electron chi connectivity index (χ4n) is 2.49. The van der Waals surface area contributed by atoms with E-state index in [-0.39, 0.29) is 5.91 Å². The minimum atomic E-state index is -0.586. The molecule has 5 heteroatoms. The van der Waals surface area contributed by atoms with Gasteiger partial charge in [0.25, 0.3) is 0 Å². The molecule has 0 aromatic heterocycles. The van der Waals surface area contributed by atoms with Crippen LogP contribution in [0.3, 0.4) is 0 Å². The van der Waals surface area contributed by atoms with Gasteiger partial charge >= 0.3 is 6.09 Å². The van der Waals surface area contributed by atoms with Gasteiger partial charge in [0, 0.05) is 6.54 Å². The lowest BCUT2D eigenvalue weighted by molar-refractivity contribution is -0.125. The van der Waals surface area contributed by atoms with Crippen molar-refractivity contribution in [3.63, 3.8) is 0 Å². The first-order chi connectivity index (χ1) is 11.7. The molecule has 0 saturated carbocycles. The molecular formula is C20H32N2O3. The highest BCUT2D eigenvalue weighted by Gasteiger charge is 2.28. The summed E-state index contributed by atoms with van der Waals surface area (Å²) in [6.45, 7) is 10.0. The Morgan fingerprint density at radius 1 is 1.12 bits per heavy atom. The van der Waals surface area contributed by atoms with Crippen LogP contribution in [0.15, 0.2) is 30.3 Å². The second-order valence-corrected chi connectivity index (χ2v) is 7.32. The van der Waals surface area contributed by atoms with Crippen LogP contribution in [0.1, 0.15) is 65.5 Å². The largest absolute Gasteiger partial charge is 0.444 e. The van der Waals surface area contributed by atoms with Crippen LogP contribution in [0, 0.1) is 5.92 Å². The summed E-state index contributed by atoms with van der Waals surface area (Å²) in [6.07, 6.45) is 2.64. The number of carbonyl (C=O) groups excluding carboxylic acids is 2. The van der Waals surface area contributed by atoms with Crippen molar-refractivity contribution in [2.24, 2.45) is 5.92 Å².